The van der Waals surface area contributed by atoms with Crippen LogP contribution in [-0.2, 0) is 4.74 Å². The van der Waals surface area contributed by atoms with Crippen molar-refractivity contribution in [3.8, 4) is 0 Å². The van der Waals surface area contributed by atoms with E-state index < -0.39 is 5.97 Å². The Morgan fingerprint density at radius 2 is 2.24 bits per heavy atom. The maximum atomic E-state index is 11.2. The number of nitrogens with zero attached hydrogens (tertiary/aromatic N) is 2. The number of hydrogen-bond donors (Lipinski definition) is 1. The summed E-state index contributed by atoms with van der Waals surface area (Å²) in [7, 11) is 2.05. The molecule has 3 rings (SSSR count). The van der Waals surface area contributed by atoms with Gasteiger partial charge in [-0.25, -0.2) is 9.80 Å². The summed E-state index contributed by atoms with van der Waals surface area (Å²) in [5.74, 6) is -0.892. The highest BCUT2D eigenvalue weighted by molar-refractivity contribution is 8.03. The minimum Gasteiger partial charge on any atom is -0.478 e. The predicted molar refractivity (Wildman–Crippen MR) is 81.7 cm³/mol. The Balaban J connectivity index is 1.86. The monoisotopic (exact) mass is 306 g/mol. The molecule has 0 bridgehead atoms. The van der Waals surface area contributed by atoms with E-state index in [4.69, 9.17) is 9.84 Å². The van der Waals surface area contributed by atoms with Crippen LogP contribution in [0.3, 0.4) is 0 Å². The van der Waals surface area contributed by atoms with Crippen LogP contribution in [0.5, 0.6) is 0 Å². The maximum Gasteiger partial charge on any atom is 0.335 e. The highest BCUT2D eigenvalue weighted by Crippen LogP contribution is 2.44. The average molecular weight is 306 g/mol. The van der Waals surface area contributed by atoms with Crippen LogP contribution in [0.25, 0.3) is 0 Å². The fraction of sp³-hybridized carbons (Fsp3) is 0.400. The van der Waals surface area contributed by atoms with E-state index in [9.17, 15) is 4.79 Å². The lowest BCUT2D eigenvalue weighted by atomic mass is 10.1. The van der Waals surface area contributed by atoms with Crippen molar-refractivity contribution in [1.29, 1.82) is 0 Å². The number of likely N-dealkylation sites (N-methyl/N-ethyl adjacent to an activating group) is 1. The van der Waals surface area contributed by atoms with E-state index >= 15 is 0 Å². The first-order valence-electron chi connectivity index (χ1n) is 6.83. The van der Waals surface area contributed by atoms with Crippen LogP contribution in [0.1, 0.15) is 28.2 Å². The van der Waals surface area contributed by atoms with Crippen molar-refractivity contribution in [2.75, 3.05) is 20.3 Å². The van der Waals surface area contributed by atoms with Gasteiger partial charge in [-0.3, -0.25) is 5.01 Å². The standard InChI is InChI=1S/C15H18N2O3S/c1-10-7-17(16(2)13-8-20-9-13)14(21-10)11-4-3-5-12(6-11)15(18)19/h3-7,13-14H,8-9H2,1-2H3,(H,18,19). The van der Waals surface area contributed by atoms with Gasteiger partial charge in [0, 0.05) is 18.2 Å². The van der Waals surface area contributed by atoms with Crippen molar-refractivity contribution < 1.29 is 14.6 Å². The molecule has 1 unspecified atom stereocenters. The van der Waals surface area contributed by atoms with Gasteiger partial charge in [-0.05, 0) is 24.6 Å². The van der Waals surface area contributed by atoms with Crippen LogP contribution < -0.4 is 0 Å². The number of carbonyl (C=O) groups is 1. The molecule has 0 amide bonds. The molecule has 112 valence electrons. The van der Waals surface area contributed by atoms with E-state index in [1.165, 1.54) is 4.91 Å². The van der Waals surface area contributed by atoms with Gasteiger partial charge in [0.05, 0.1) is 24.8 Å². The number of rotatable bonds is 4. The van der Waals surface area contributed by atoms with Crippen LogP contribution in [0.4, 0.5) is 0 Å². The molecule has 1 aromatic rings. The fourth-order valence-corrected chi connectivity index (χ4v) is 3.57. The van der Waals surface area contributed by atoms with Gasteiger partial charge in [-0.2, -0.15) is 0 Å². The van der Waals surface area contributed by atoms with Gasteiger partial charge in [-0.15, -0.1) is 0 Å². The van der Waals surface area contributed by atoms with Crippen molar-refractivity contribution in [2.24, 2.45) is 0 Å². The second-order valence-corrected chi connectivity index (χ2v) is 6.61. The lowest BCUT2D eigenvalue weighted by Crippen LogP contribution is -2.53. The van der Waals surface area contributed by atoms with Gasteiger partial charge < -0.3 is 9.84 Å². The number of carboxylic acids is 1. The summed E-state index contributed by atoms with van der Waals surface area (Å²) in [5.41, 5.74) is 1.33. The third kappa shape index (κ3) is 2.79. The van der Waals surface area contributed by atoms with Gasteiger partial charge in [0.2, 0.25) is 0 Å². The molecule has 5 nitrogen and oxygen atoms in total. The van der Waals surface area contributed by atoms with E-state index in [-0.39, 0.29) is 5.37 Å². The Kier molecular flexibility index (Phi) is 3.93. The molecule has 2 heterocycles. The summed E-state index contributed by atoms with van der Waals surface area (Å²) in [6.45, 7) is 3.56. The highest BCUT2D eigenvalue weighted by Gasteiger charge is 2.34. The van der Waals surface area contributed by atoms with Crippen molar-refractivity contribution >= 4 is 17.7 Å². The lowest BCUT2D eigenvalue weighted by molar-refractivity contribution is -0.125. The van der Waals surface area contributed by atoms with Crippen LogP contribution >= 0.6 is 11.8 Å². The summed E-state index contributed by atoms with van der Waals surface area (Å²) >= 11 is 1.74. The minimum atomic E-state index is -0.892. The topological polar surface area (TPSA) is 53.0 Å². The van der Waals surface area contributed by atoms with E-state index in [0.29, 0.717) is 11.6 Å². The van der Waals surface area contributed by atoms with Gasteiger partial charge in [0.1, 0.15) is 5.37 Å². The molecule has 1 N–H and O–H groups in total. The van der Waals surface area contributed by atoms with Crippen LogP contribution in [0.2, 0.25) is 0 Å². The molecular weight excluding hydrogens is 288 g/mol. The van der Waals surface area contributed by atoms with Gasteiger partial charge in [-0.1, -0.05) is 23.9 Å². The summed E-state index contributed by atoms with van der Waals surface area (Å²) in [5, 5.41) is 13.6. The number of thioether (sulfide) groups is 1. The molecule has 2 aliphatic rings. The lowest BCUT2D eigenvalue weighted by Gasteiger charge is -2.42. The molecule has 0 spiro atoms. The summed E-state index contributed by atoms with van der Waals surface area (Å²) in [6.07, 6.45) is 2.11. The van der Waals surface area contributed by atoms with Gasteiger partial charge in [0.15, 0.2) is 0 Å². The van der Waals surface area contributed by atoms with Crippen molar-refractivity contribution in [3.05, 3.63) is 46.5 Å². The minimum absolute atomic E-state index is 0.0786. The summed E-state index contributed by atoms with van der Waals surface area (Å²) in [6, 6.07) is 7.55. The zero-order valence-corrected chi connectivity index (χ0v) is 12.8. The smallest absolute Gasteiger partial charge is 0.335 e. The SMILES string of the molecule is CC1=CN(N(C)C2COC2)C(c2cccc(C(=O)O)c2)S1. The second-order valence-electron chi connectivity index (χ2n) is 5.29. The number of hydrazine groups is 1. The first kappa shape index (κ1) is 14.4. The summed E-state index contributed by atoms with van der Waals surface area (Å²) in [4.78, 5) is 12.4. The Morgan fingerprint density at radius 1 is 1.48 bits per heavy atom. The molecule has 1 aromatic carbocycles. The average Bonchev–Trinajstić information content (AvgIpc) is 2.79. The molecule has 1 saturated heterocycles. The molecule has 0 saturated carbocycles. The molecule has 1 fully saturated rings. The number of ether oxygens (including phenoxy) is 1. The Bertz CT molecular complexity index is 586. The Hall–Kier alpha value is -1.50. The molecule has 0 radical (unpaired) electrons. The third-order valence-corrected chi connectivity index (χ3v) is 4.97. The largest absolute Gasteiger partial charge is 0.478 e. The maximum absolute atomic E-state index is 11.2. The van der Waals surface area contributed by atoms with Crippen LogP contribution in [0, 0.1) is 0 Å². The molecule has 21 heavy (non-hydrogen) atoms. The van der Waals surface area contributed by atoms with Crippen LogP contribution in [-0.4, -0.2) is 47.4 Å². The molecule has 0 aromatic heterocycles. The number of carboxylic acid groups (broad SMARTS) is 1. The van der Waals surface area contributed by atoms with Gasteiger partial charge >= 0.3 is 5.97 Å². The molecule has 6 heteroatoms. The molecule has 0 aliphatic carbocycles. The Morgan fingerprint density at radius 3 is 2.86 bits per heavy atom. The summed E-state index contributed by atoms with van der Waals surface area (Å²) < 4.78 is 5.26. The van der Waals surface area contributed by atoms with E-state index in [1.807, 2.05) is 6.07 Å². The first-order valence-corrected chi connectivity index (χ1v) is 7.71. The second kappa shape index (κ2) is 5.71. The first-order chi connectivity index (χ1) is 10.1. The zero-order valence-electron chi connectivity index (χ0n) is 12.0. The quantitative estimate of drug-likeness (QED) is 0.922. The van der Waals surface area contributed by atoms with Gasteiger partial charge in [0.25, 0.3) is 0 Å². The number of hydrogen-bond acceptors (Lipinski definition) is 5. The fourth-order valence-electron chi connectivity index (χ4n) is 2.44. The normalized spacial score (nSPS) is 22.3. The highest BCUT2D eigenvalue weighted by atomic mass is 32.2. The number of aromatic carboxylic acids is 1. The number of allylic oxidation sites excluding steroid dienone is 1. The van der Waals surface area contributed by atoms with Crippen LogP contribution in [0.15, 0.2) is 35.4 Å². The molecule has 1 atom stereocenters. The predicted octanol–water partition coefficient (Wildman–Crippen LogP) is 2.54. The molecular formula is C15H18N2O3S. The Labute approximate surface area is 128 Å². The van der Waals surface area contributed by atoms with E-state index in [1.54, 1.807) is 30.0 Å². The van der Waals surface area contributed by atoms with Crippen molar-refractivity contribution in [3.63, 3.8) is 0 Å². The van der Waals surface area contributed by atoms with E-state index in [2.05, 4.69) is 30.2 Å². The zero-order chi connectivity index (χ0) is 15.0. The van der Waals surface area contributed by atoms with E-state index in [0.717, 1.165) is 18.8 Å². The van der Waals surface area contributed by atoms with Crippen molar-refractivity contribution in [2.45, 2.75) is 18.3 Å². The number of benzene rings is 1. The third-order valence-electron chi connectivity index (χ3n) is 3.78. The van der Waals surface area contributed by atoms with Crippen molar-refractivity contribution in [1.82, 2.24) is 10.0 Å². The molecule has 2 aliphatic heterocycles.